The molecule has 0 aliphatic heterocycles. The fraction of sp³-hybridized carbons (Fsp3) is 0. The molecule has 0 radical (unpaired) electrons. The summed E-state index contributed by atoms with van der Waals surface area (Å²) in [5.74, 6) is 0. The first-order valence-corrected chi connectivity index (χ1v) is 14.4. The predicted molar refractivity (Wildman–Crippen MR) is 58.2 cm³/mol. The second kappa shape index (κ2) is 9.63. The fourth-order valence-corrected chi connectivity index (χ4v) is 18.2. The van der Waals surface area contributed by atoms with Crippen LogP contribution in [0.25, 0.3) is 0 Å². The molecule has 0 unspecified atom stereocenters. The van der Waals surface area contributed by atoms with Gasteiger partial charge < -0.3 is 0 Å². The molecule has 0 aromatic rings. The molecule has 0 heterocycles. The van der Waals surface area contributed by atoms with Crippen molar-refractivity contribution in [1.29, 1.82) is 0 Å². The van der Waals surface area contributed by atoms with Crippen molar-refractivity contribution in [3.63, 3.8) is 0 Å². The molecule has 0 bridgehead atoms. The average Bonchev–Trinajstić information content (AvgIpc) is 1.81. The van der Waals surface area contributed by atoms with E-state index in [0.717, 1.165) is 0 Å². The van der Waals surface area contributed by atoms with Gasteiger partial charge in [-0.25, -0.2) is 0 Å². The van der Waals surface area contributed by atoms with Gasteiger partial charge in [0.25, 0.3) is 0 Å². The van der Waals surface area contributed by atoms with Gasteiger partial charge in [0.15, 0.2) is 0 Å². The van der Waals surface area contributed by atoms with Crippen LogP contribution in [-0.2, 0) is 65.9 Å². The molecule has 0 atom stereocenters. The van der Waals surface area contributed by atoms with Crippen LogP contribution in [0.2, 0.25) is 0 Å². The van der Waals surface area contributed by atoms with Gasteiger partial charge in [-0.05, 0) is 0 Å². The zero-order valence-corrected chi connectivity index (χ0v) is 11.7. The third-order valence-corrected chi connectivity index (χ3v) is 17.2. The van der Waals surface area contributed by atoms with E-state index in [1.165, 1.54) is 8.88 Å². The molecule has 0 spiro atoms. The van der Waals surface area contributed by atoms with Crippen molar-refractivity contribution < 1.29 is 11.2 Å². The summed E-state index contributed by atoms with van der Waals surface area (Å²) in [6.45, 7) is 0. The fourth-order valence-electron chi connectivity index (χ4n) is 0.0466. The van der Waals surface area contributed by atoms with Crippen molar-refractivity contribution in [2.24, 2.45) is 0 Å². The van der Waals surface area contributed by atoms with Crippen molar-refractivity contribution in [2.45, 2.75) is 0 Å². The molecule has 8 heteroatoms. The summed E-state index contributed by atoms with van der Waals surface area (Å²) in [4.78, 5) is 0. The van der Waals surface area contributed by atoms with E-state index in [2.05, 4.69) is 31.2 Å². The summed E-state index contributed by atoms with van der Waals surface area (Å²) < 4.78 is 0. The maximum absolute atomic E-state index is 4.64. The van der Waals surface area contributed by atoms with E-state index in [4.69, 9.17) is 0 Å². The van der Waals surface area contributed by atoms with Crippen LogP contribution in [0.15, 0.2) is 0 Å². The first kappa shape index (κ1) is 10.6. The van der Waals surface area contributed by atoms with Crippen LogP contribution in [0.4, 0.5) is 0 Å². The van der Waals surface area contributed by atoms with Gasteiger partial charge >= 0.3 is 85.8 Å². The Morgan fingerprint density at radius 2 is 2.00 bits per heavy atom. The molecule has 0 nitrogen and oxygen atoms in total. The Bertz CT molecular complexity index is 236. The monoisotopic (exact) mass is 370 g/mol. The predicted octanol–water partition coefficient (Wildman–Crippen LogP) is 0.869. The van der Waals surface area contributed by atoms with Crippen LogP contribution in [0.1, 0.15) is 0 Å². The average molecular weight is 370 g/mol. The molecular weight excluding hydrogens is 370 g/mol. The molecule has 0 aromatic heterocycles. The van der Waals surface area contributed by atoms with Gasteiger partial charge in [-0.1, -0.05) is 0 Å². The Morgan fingerprint density at radius 3 is 2.50 bits per heavy atom. The molecule has 0 aliphatic rings. The molecular formula is IS6V. The summed E-state index contributed by atoms with van der Waals surface area (Å²) in [6, 6.07) is 0. The van der Waals surface area contributed by atoms with Crippen molar-refractivity contribution in [3.8, 4) is 0 Å². The minimum absolute atomic E-state index is 0.476. The minimum atomic E-state index is 0.476. The van der Waals surface area contributed by atoms with E-state index in [1.807, 2.05) is 16.9 Å². The molecule has 0 rings (SSSR count). The van der Waals surface area contributed by atoms with Crippen LogP contribution < -0.4 is 0 Å². The van der Waals surface area contributed by atoms with Gasteiger partial charge in [0, 0.05) is 0 Å². The Balaban J connectivity index is 4.76. The summed E-state index contributed by atoms with van der Waals surface area (Å²) in [6.07, 6.45) is 0. The number of hydrogen-bond donors (Lipinski definition) is 0. The van der Waals surface area contributed by atoms with Crippen LogP contribution >= 0.6 is 20.0 Å². The van der Waals surface area contributed by atoms with Gasteiger partial charge in [-0.3, -0.25) is 0 Å². The third kappa shape index (κ3) is 8.63. The second-order valence-electron chi connectivity index (χ2n) is 0.416. The molecule has 0 amide bonds. The van der Waals surface area contributed by atoms with E-state index in [-0.39, 0.29) is 0 Å². The van der Waals surface area contributed by atoms with Crippen molar-refractivity contribution in [3.05, 3.63) is 0 Å². The summed E-state index contributed by atoms with van der Waals surface area (Å²) >= 11 is 7.54. The van der Waals surface area contributed by atoms with Crippen LogP contribution in [0.5, 0.6) is 0 Å². The summed E-state index contributed by atoms with van der Waals surface area (Å²) in [7, 11) is 8.54. The van der Waals surface area contributed by atoms with E-state index in [9.17, 15) is 0 Å². The first-order chi connectivity index (χ1) is 3.91. The van der Waals surface area contributed by atoms with Gasteiger partial charge in [0.1, 0.15) is 0 Å². The Labute approximate surface area is 84.0 Å². The van der Waals surface area contributed by atoms with E-state index >= 15 is 0 Å². The first-order valence-electron chi connectivity index (χ1n) is 1.18. The van der Waals surface area contributed by atoms with E-state index in [0.29, 0.717) is 11.2 Å². The number of rotatable bonds is 0. The van der Waals surface area contributed by atoms with Crippen molar-refractivity contribution in [2.75, 3.05) is 0 Å². The SMILES string of the molecule is S=S=S=S=S=[S]=[V][I]. The topological polar surface area (TPSA) is 0 Å². The van der Waals surface area contributed by atoms with Crippen molar-refractivity contribution in [1.82, 2.24) is 0 Å². The Morgan fingerprint density at radius 1 is 1.25 bits per heavy atom. The zero-order valence-electron chi connectivity index (χ0n) is 3.27. The Hall–Kier alpha value is 2.63. The third-order valence-electron chi connectivity index (χ3n) is 0.142. The summed E-state index contributed by atoms with van der Waals surface area (Å²) in [5.41, 5.74) is 0. The van der Waals surface area contributed by atoms with Gasteiger partial charge in [-0.2, -0.15) is 0 Å². The molecule has 0 aliphatic carbocycles. The van der Waals surface area contributed by atoms with Gasteiger partial charge in [0.05, 0.1) is 0 Å². The normalized spacial score (nSPS) is 6.62. The van der Waals surface area contributed by atoms with E-state index in [1.54, 1.807) is 17.8 Å². The van der Waals surface area contributed by atoms with E-state index < -0.39 is 0 Å². The Kier molecular flexibility index (Phi) is 12.8. The second-order valence-corrected chi connectivity index (χ2v) is 15.8. The molecule has 0 fully saturated rings. The molecule has 0 saturated heterocycles. The standard InChI is InChI=1S/HI.S6.V/c;1-3-5-6-4-2;/h1H;;/q;;+1/p-1. The molecule has 48 valence electrons. The zero-order chi connectivity index (χ0) is 6.24. The van der Waals surface area contributed by atoms with Gasteiger partial charge in [0.2, 0.25) is 0 Å². The van der Waals surface area contributed by atoms with Crippen LogP contribution in [0.3, 0.4) is 0 Å². The molecule has 8 heavy (non-hydrogen) atoms. The maximum atomic E-state index is 4.64. The number of halogens is 1. The van der Waals surface area contributed by atoms with Gasteiger partial charge in [-0.15, -0.1) is 0 Å². The number of hydrogen-bond acceptors (Lipinski definition) is 1. The molecule has 0 aromatic carbocycles. The van der Waals surface area contributed by atoms with Crippen LogP contribution in [0, 0.1) is 0 Å². The summed E-state index contributed by atoms with van der Waals surface area (Å²) in [5, 5.41) is 0. The van der Waals surface area contributed by atoms with Crippen LogP contribution in [-0.4, -0.2) is 0 Å². The molecule has 0 saturated carbocycles. The quantitative estimate of drug-likeness (QED) is 0.571. The van der Waals surface area contributed by atoms with Crippen molar-refractivity contribution >= 4 is 74.7 Å². The molecule has 0 N–H and O–H groups in total.